The predicted octanol–water partition coefficient (Wildman–Crippen LogP) is 4.66. The summed E-state index contributed by atoms with van der Waals surface area (Å²) < 4.78 is 14.9. The van der Waals surface area contributed by atoms with Crippen LogP contribution in [0, 0.1) is 12.7 Å². The Morgan fingerprint density at radius 2 is 2.22 bits per heavy atom. The average molecular weight is 328 g/mol. The minimum absolute atomic E-state index is 0.101. The monoisotopic (exact) mass is 327 g/mol. The van der Waals surface area contributed by atoms with E-state index in [1.54, 1.807) is 17.4 Å². The summed E-state index contributed by atoms with van der Waals surface area (Å²) in [7, 11) is 0. The molecule has 0 fully saturated rings. The van der Waals surface area contributed by atoms with Crippen LogP contribution in [0.3, 0.4) is 0 Å². The van der Waals surface area contributed by atoms with E-state index in [1.807, 2.05) is 13.0 Å². The SMILES string of the molecule is CCNC(c1csc(C)c1)c1c(F)cccc1Br. The smallest absolute Gasteiger partial charge is 0.129 e. The van der Waals surface area contributed by atoms with Crippen molar-refractivity contribution in [3.63, 3.8) is 0 Å². The minimum atomic E-state index is -0.181. The third-order valence-corrected chi connectivity index (χ3v) is 4.35. The Bertz CT molecular complexity index is 518. The first-order chi connectivity index (χ1) is 8.63. The fraction of sp³-hybridized carbons (Fsp3) is 0.286. The second-order valence-electron chi connectivity index (χ2n) is 4.12. The van der Waals surface area contributed by atoms with Crippen molar-refractivity contribution in [1.82, 2.24) is 5.32 Å². The zero-order chi connectivity index (χ0) is 13.1. The lowest BCUT2D eigenvalue weighted by molar-refractivity contribution is 0.557. The summed E-state index contributed by atoms with van der Waals surface area (Å²) in [6, 6.07) is 7.10. The summed E-state index contributed by atoms with van der Waals surface area (Å²) in [5.41, 5.74) is 1.79. The van der Waals surface area contributed by atoms with E-state index in [9.17, 15) is 4.39 Å². The Labute approximate surface area is 119 Å². The highest BCUT2D eigenvalue weighted by molar-refractivity contribution is 9.10. The van der Waals surface area contributed by atoms with Crippen LogP contribution < -0.4 is 5.32 Å². The predicted molar refractivity (Wildman–Crippen MR) is 78.7 cm³/mol. The van der Waals surface area contributed by atoms with Gasteiger partial charge in [-0.2, -0.15) is 0 Å². The molecule has 96 valence electrons. The van der Waals surface area contributed by atoms with Crippen molar-refractivity contribution < 1.29 is 4.39 Å². The maximum Gasteiger partial charge on any atom is 0.129 e. The number of rotatable bonds is 4. The summed E-state index contributed by atoms with van der Waals surface area (Å²) in [6.45, 7) is 4.88. The molecule has 0 saturated heterocycles. The number of halogens is 2. The average Bonchev–Trinajstić information content (AvgIpc) is 2.74. The van der Waals surface area contributed by atoms with Gasteiger partial charge in [0, 0.05) is 14.9 Å². The fourth-order valence-electron chi connectivity index (χ4n) is 1.99. The van der Waals surface area contributed by atoms with Crippen molar-refractivity contribution in [2.75, 3.05) is 6.54 Å². The number of benzene rings is 1. The van der Waals surface area contributed by atoms with Crippen molar-refractivity contribution in [1.29, 1.82) is 0 Å². The Hall–Kier alpha value is -0.710. The van der Waals surface area contributed by atoms with E-state index < -0.39 is 0 Å². The first-order valence-electron chi connectivity index (χ1n) is 5.85. The zero-order valence-electron chi connectivity index (χ0n) is 10.3. The second kappa shape index (κ2) is 5.95. The molecule has 0 saturated carbocycles. The first kappa shape index (κ1) is 13.7. The standard InChI is InChI=1S/C14H15BrFNS/c1-3-17-14(10-7-9(2)18-8-10)13-11(15)5-4-6-12(13)16/h4-8,14,17H,3H2,1-2H3. The number of aryl methyl sites for hydroxylation is 1. The van der Waals surface area contributed by atoms with Gasteiger partial charge < -0.3 is 5.32 Å². The summed E-state index contributed by atoms with van der Waals surface area (Å²) in [5.74, 6) is -0.181. The number of thiophene rings is 1. The Morgan fingerprint density at radius 3 is 2.78 bits per heavy atom. The third-order valence-electron chi connectivity index (χ3n) is 2.78. The fourth-order valence-corrected chi connectivity index (χ4v) is 3.29. The molecule has 4 heteroatoms. The highest BCUT2D eigenvalue weighted by Gasteiger charge is 2.20. The van der Waals surface area contributed by atoms with E-state index in [2.05, 4.69) is 39.6 Å². The van der Waals surface area contributed by atoms with Gasteiger partial charge >= 0.3 is 0 Å². The highest BCUT2D eigenvalue weighted by atomic mass is 79.9. The van der Waals surface area contributed by atoms with Gasteiger partial charge in [0.25, 0.3) is 0 Å². The van der Waals surface area contributed by atoms with Crippen LogP contribution in [0.1, 0.15) is 29.0 Å². The molecule has 1 aromatic carbocycles. The molecule has 0 aliphatic carbocycles. The van der Waals surface area contributed by atoms with Crippen molar-refractivity contribution >= 4 is 27.3 Å². The molecular weight excluding hydrogens is 313 g/mol. The first-order valence-corrected chi connectivity index (χ1v) is 7.53. The summed E-state index contributed by atoms with van der Waals surface area (Å²) in [6.07, 6.45) is 0. The van der Waals surface area contributed by atoms with Crippen LogP contribution in [0.25, 0.3) is 0 Å². The van der Waals surface area contributed by atoms with Gasteiger partial charge in [-0.15, -0.1) is 11.3 Å². The maximum atomic E-state index is 14.0. The zero-order valence-corrected chi connectivity index (χ0v) is 12.7. The molecule has 1 heterocycles. The van der Waals surface area contributed by atoms with Gasteiger partial charge in [0.2, 0.25) is 0 Å². The Kier molecular flexibility index (Phi) is 4.54. The topological polar surface area (TPSA) is 12.0 Å². The van der Waals surface area contributed by atoms with Gasteiger partial charge in [-0.1, -0.05) is 28.9 Å². The van der Waals surface area contributed by atoms with Gasteiger partial charge in [-0.25, -0.2) is 4.39 Å². The van der Waals surface area contributed by atoms with Crippen molar-refractivity contribution in [3.8, 4) is 0 Å². The van der Waals surface area contributed by atoms with Crippen LogP contribution in [0.4, 0.5) is 4.39 Å². The van der Waals surface area contributed by atoms with Crippen LogP contribution in [0.2, 0.25) is 0 Å². The molecule has 1 nitrogen and oxygen atoms in total. The molecule has 0 amide bonds. The van der Waals surface area contributed by atoms with Crippen molar-refractivity contribution in [2.24, 2.45) is 0 Å². The third kappa shape index (κ3) is 2.82. The number of hydrogen-bond donors (Lipinski definition) is 1. The lowest BCUT2D eigenvalue weighted by atomic mass is 10.0. The van der Waals surface area contributed by atoms with E-state index in [4.69, 9.17) is 0 Å². The van der Waals surface area contributed by atoms with Crippen molar-refractivity contribution in [2.45, 2.75) is 19.9 Å². The van der Waals surface area contributed by atoms with Crippen molar-refractivity contribution in [3.05, 3.63) is 55.9 Å². The van der Waals surface area contributed by atoms with Crippen LogP contribution in [0.5, 0.6) is 0 Å². The molecule has 2 rings (SSSR count). The highest BCUT2D eigenvalue weighted by Crippen LogP contribution is 2.32. The van der Waals surface area contributed by atoms with Crippen LogP contribution in [0.15, 0.2) is 34.1 Å². The quantitative estimate of drug-likeness (QED) is 0.861. The molecule has 0 spiro atoms. The minimum Gasteiger partial charge on any atom is -0.306 e. The van der Waals surface area contributed by atoms with E-state index in [0.29, 0.717) is 5.56 Å². The molecule has 0 aliphatic heterocycles. The molecule has 1 atom stereocenters. The number of nitrogens with one attached hydrogen (secondary N) is 1. The van der Waals surface area contributed by atoms with Crippen LogP contribution >= 0.6 is 27.3 Å². The van der Waals surface area contributed by atoms with E-state index in [-0.39, 0.29) is 11.9 Å². The second-order valence-corrected chi connectivity index (χ2v) is 6.09. The van der Waals surface area contributed by atoms with Gasteiger partial charge in [0.15, 0.2) is 0 Å². The lowest BCUT2D eigenvalue weighted by Crippen LogP contribution is -2.23. The molecule has 1 aromatic heterocycles. The van der Waals surface area contributed by atoms with Gasteiger partial charge in [0.05, 0.1) is 6.04 Å². The lowest BCUT2D eigenvalue weighted by Gasteiger charge is -2.19. The number of hydrogen-bond acceptors (Lipinski definition) is 2. The summed E-state index contributed by atoms with van der Waals surface area (Å²) >= 11 is 5.13. The van der Waals surface area contributed by atoms with Crippen LogP contribution in [-0.4, -0.2) is 6.54 Å². The molecule has 0 radical (unpaired) electrons. The molecule has 0 aliphatic rings. The summed E-state index contributed by atoms with van der Waals surface area (Å²) in [5, 5.41) is 5.43. The molecule has 2 aromatic rings. The largest absolute Gasteiger partial charge is 0.306 e. The maximum absolute atomic E-state index is 14.0. The van der Waals surface area contributed by atoms with Crippen LogP contribution in [-0.2, 0) is 0 Å². The molecule has 1 unspecified atom stereocenters. The van der Waals surface area contributed by atoms with E-state index >= 15 is 0 Å². The summed E-state index contributed by atoms with van der Waals surface area (Å²) in [4.78, 5) is 1.24. The molecule has 18 heavy (non-hydrogen) atoms. The molecule has 0 bridgehead atoms. The molecular formula is C14H15BrFNS. The van der Waals surface area contributed by atoms with E-state index in [0.717, 1.165) is 16.6 Å². The Balaban J connectivity index is 2.47. The van der Waals surface area contributed by atoms with E-state index in [1.165, 1.54) is 10.9 Å². The Morgan fingerprint density at radius 1 is 1.44 bits per heavy atom. The van der Waals surface area contributed by atoms with Gasteiger partial charge in [0.1, 0.15) is 5.82 Å². The normalized spacial score (nSPS) is 12.7. The van der Waals surface area contributed by atoms with Gasteiger partial charge in [-0.05, 0) is 42.6 Å². The molecule has 1 N–H and O–H groups in total. The van der Waals surface area contributed by atoms with Gasteiger partial charge in [-0.3, -0.25) is 0 Å².